The molecule has 29 heavy (non-hydrogen) atoms. The van der Waals surface area contributed by atoms with Crippen molar-refractivity contribution in [2.24, 2.45) is 0 Å². The van der Waals surface area contributed by atoms with Gasteiger partial charge in [-0.3, -0.25) is 4.79 Å². The standard InChI is InChI=1S/C19H14ClF4N3OS/c20-16-13-3-2-12(21)9-14(13)29-17(16)18(28)27-7-5-26(6-8-27)15-4-1-11(10-25-15)19(22,23)24/h1-4,9-10H,5-8H2. The smallest absolute Gasteiger partial charge is 0.353 e. The Balaban J connectivity index is 1.46. The van der Waals surface area contributed by atoms with Crippen LogP contribution in [0.5, 0.6) is 0 Å². The molecule has 1 aliphatic heterocycles. The maximum atomic E-state index is 13.4. The van der Waals surface area contributed by atoms with Crippen LogP contribution < -0.4 is 4.90 Å². The zero-order valence-corrected chi connectivity index (χ0v) is 16.4. The molecular weight excluding hydrogens is 430 g/mol. The molecule has 0 bridgehead atoms. The van der Waals surface area contributed by atoms with Gasteiger partial charge in [0.05, 0.1) is 10.6 Å². The molecule has 3 heterocycles. The fourth-order valence-corrected chi connectivity index (χ4v) is 4.70. The van der Waals surface area contributed by atoms with Crippen LogP contribution in [0.25, 0.3) is 10.1 Å². The summed E-state index contributed by atoms with van der Waals surface area (Å²) in [6, 6.07) is 6.52. The highest BCUT2D eigenvalue weighted by Crippen LogP contribution is 2.36. The van der Waals surface area contributed by atoms with Crippen LogP contribution in [0.2, 0.25) is 5.02 Å². The number of piperazine rings is 1. The van der Waals surface area contributed by atoms with E-state index in [1.54, 1.807) is 11.0 Å². The Morgan fingerprint density at radius 1 is 1.10 bits per heavy atom. The van der Waals surface area contributed by atoms with Crippen LogP contribution >= 0.6 is 22.9 Å². The number of rotatable bonds is 2. The highest BCUT2D eigenvalue weighted by Gasteiger charge is 2.31. The first-order valence-electron chi connectivity index (χ1n) is 8.69. The van der Waals surface area contributed by atoms with E-state index < -0.39 is 17.6 Å². The molecule has 152 valence electrons. The number of carbonyl (C=O) groups excluding carboxylic acids is 1. The van der Waals surface area contributed by atoms with Gasteiger partial charge < -0.3 is 9.80 Å². The summed E-state index contributed by atoms with van der Waals surface area (Å²) in [5.74, 6) is -0.204. The molecule has 0 N–H and O–H groups in total. The molecule has 4 nitrogen and oxygen atoms in total. The van der Waals surface area contributed by atoms with Crippen molar-refractivity contribution in [2.75, 3.05) is 31.1 Å². The first kappa shape index (κ1) is 19.9. The Bertz CT molecular complexity index is 1060. The van der Waals surface area contributed by atoms with Crippen LogP contribution in [-0.2, 0) is 6.18 Å². The zero-order chi connectivity index (χ0) is 20.8. The summed E-state index contributed by atoms with van der Waals surface area (Å²) in [5, 5.41) is 0.941. The van der Waals surface area contributed by atoms with Crippen molar-refractivity contribution in [3.8, 4) is 0 Å². The normalized spacial score (nSPS) is 15.2. The largest absolute Gasteiger partial charge is 0.417 e. The number of fused-ring (bicyclic) bond motifs is 1. The predicted molar refractivity (Wildman–Crippen MR) is 104 cm³/mol. The Labute approximate surface area is 172 Å². The SMILES string of the molecule is O=C(c1sc2cc(F)ccc2c1Cl)N1CCN(c2ccc(C(F)(F)F)cn2)CC1. The van der Waals surface area contributed by atoms with Crippen molar-refractivity contribution >= 4 is 44.7 Å². The summed E-state index contributed by atoms with van der Waals surface area (Å²) < 4.78 is 52.0. The van der Waals surface area contributed by atoms with E-state index in [1.807, 2.05) is 4.90 Å². The minimum atomic E-state index is -4.43. The van der Waals surface area contributed by atoms with Gasteiger partial charge in [0, 0.05) is 42.5 Å². The molecule has 0 aliphatic carbocycles. The first-order valence-corrected chi connectivity index (χ1v) is 9.88. The molecule has 1 saturated heterocycles. The number of aromatic nitrogens is 1. The zero-order valence-electron chi connectivity index (χ0n) is 14.8. The van der Waals surface area contributed by atoms with Crippen molar-refractivity contribution in [2.45, 2.75) is 6.18 Å². The van der Waals surface area contributed by atoms with Gasteiger partial charge in [0.2, 0.25) is 0 Å². The van der Waals surface area contributed by atoms with Gasteiger partial charge in [-0.15, -0.1) is 11.3 Å². The number of anilines is 1. The number of alkyl halides is 3. The van der Waals surface area contributed by atoms with Gasteiger partial charge in [-0.1, -0.05) is 11.6 Å². The molecule has 0 unspecified atom stereocenters. The summed E-state index contributed by atoms with van der Waals surface area (Å²) >= 11 is 7.47. The van der Waals surface area contributed by atoms with Crippen LogP contribution in [0.1, 0.15) is 15.2 Å². The third-order valence-corrected chi connectivity index (χ3v) is 6.40. The number of thiophene rings is 1. The lowest BCUT2D eigenvalue weighted by Gasteiger charge is -2.35. The van der Waals surface area contributed by atoms with E-state index >= 15 is 0 Å². The van der Waals surface area contributed by atoms with E-state index in [1.165, 1.54) is 18.2 Å². The second-order valence-electron chi connectivity index (χ2n) is 6.57. The van der Waals surface area contributed by atoms with Gasteiger partial charge in [-0.05, 0) is 30.3 Å². The maximum absolute atomic E-state index is 13.4. The molecule has 0 radical (unpaired) electrons. The number of hydrogen-bond acceptors (Lipinski definition) is 4. The molecule has 10 heteroatoms. The molecule has 2 aromatic heterocycles. The van der Waals surface area contributed by atoms with Crippen LogP contribution in [0.4, 0.5) is 23.4 Å². The third-order valence-electron chi connectivity index (χ3n) is 4.75. The lowest BCUT2D eigenvalue weighted by atomic mass is 10.2. The van der Waals surface area contributed by atoms with Gasteiger partial charge in [0.25, 0.3) is 5.91 Å². The number of halogens is 5. The second-order valence-corrected chi connectivity index (χ2v) is 8.00. The van der Waals surface area contributed by atoms with Crippen molar-refractivity contribution in [3.63, 3.8) is 0 Å². The highest BCUT2D eigenvalue weighted by atomic mass is 35.5. The van der Waals surface area contributed by atoms with Gasteiger partial charge in [-0.25, -0.2) is 9.37 Å². The predicted octanol–water partition coefficient (Wildman–Crippen LogP) is 5.07. The average molecular weight is 444 g/mol. The van der Waals surface area contributed by atoms with Crippen molar-refractivity contribution in [3.05, 3.63) is 57.8 Å². The topological polar surface area (TPSA) is 36.4 Å². The summed E-state index contributed by atoms with van der Waals surface area (Å²) in [7, 11) is 0. The van der Waals surface area contributed by atoms with Gasteiger partial charge in [-0.2, -0.15) is 13.2 Å². The van der Waals surface area contributed by atoms with Crippen LogP contribution in [0.15, 0.2) is 36.5 Å². The molecular formula is C19H14ClF4N3OS. The summed E-state index contributed by atoms with van der Waals surface area (Å²) in [4.78, 5) is 20.6. The van der Waals surface area contributed by atoms with Crippen LogP contribution in [-0.4, -0.2) is 42.0 Å². The summed E-state index contributed by atoms with van der Waals surface area (Å²) in [6.45, 7) is 1.61. The Morgan fingerprint density at radius 3 is 2.45 bits per heavy atom. The maximum Gasteiger partial charge on any atom is 0.417 e. The Hall–Kier alpha value is -2.39. The molecule has 0 saturated carbocycles. The average Bonchev–Trinajstić information content (AvgIpc) is 3.02. The monoisotopic (exact) mass is 443 g/mol. The van der Waals surface area contributed by atoms with Gasteiger partial charge in [0.15, 0.2) is 0 Å². The molecule has 1 fully saturated rings. The number of amides is 1. The molecule has 1 amide bonds. The minimum absolute atomic E-state index is 0.239. The van der Waals surface area contributed by atoms with Crippen molar-refractivity contribution in [1.29, 1.82) is 0 Å². The highest BCUT2D eigenvalue weighted by molar-refractivity contribution is 7.21. The summed E-state index contributed by atoms with van der Waals surface area (Å²) in [5.41, 5.74) is -0.800. The molecule has 4 rings (SSSR count). The second kappa shape index (κ2) is 7.46. The van der Waals surface area contributed by atoms with Crippen molar-refractivity contribution < 1.29 is 22.4 Å². The molecule has 0 atom stereocenters. The van der Waals surface area contributed by atoms with Gasteiger partial charge in [0.1, 0.15) is 16.5 Å². The van der Waals surface area contributed by atoms with Crippen LogP contribution in [0, 0.1) is 5.82 Å². The summed E-state index contributed by atoms with van der Waals surface area (Å²) in [6.07, 6.45) is -3.62. The van der Waals surface area contributed by atoms with Gasteiger partial charge >= 0.3 is 6.18 Å². The number of carbonyl (C=O) groups is 1. The Morgan fingerprint density at radius 2 is 1.83 bits per heavy atom. The molecule has 1 aromatic carbocycles. The Kier molecular flexibility index (Phi) is 5.12. The van der Waals surface area contributed by atoms with E-state index in [0.717, 1.165) is 23.6 Å². The van der Waals surface area contributed by atoms with E-state index in [4.69, 9.17) is 11.6 Å². The lowest BCUT2D eigenvalue weighted by Crippen LogP contribution is -2.49. The quantitative estimate of drug-likeness (QED) is 0.519. The minimum Gasteiger partial charge on any atom is -0.353 e. The van der Waals surface area contributed by atoms with E-state index in [9.17, 15) is 22.4 Å². The lowest BCUT2D eigenvalue weighted by molar-refractivity contribution is -0.137. The van der Waals surface area contributed by atoms with E-state index in [-0.39, 0.29) is 5.91 Å². The number of nitrogens with zero attached hydrogens (tertiary/aromatic N) is 3. The fourth-order valence-electron chi connectivity index (χ4n) is 3.20. The van der Waals surface area contributed by atoms with Crippen LogP contribution in [0.3, 0.4) is 0 Å². The third kappa shape index (κ3) is 3.89. The number of benzene rings is 1. The van der Waals surface area contributed by atoms with Crippen molar-refractivity contribution in [1.82, 2.24) is 9.88 Å². The first-order chi connectivity index (χ1) is 13.7. The van der Waals surface area contributed by atoms with E-state index in [2.05, 4.69) is 4.98 Å². The fraction of sp³-hybridized carbons (Fsp3) is 0.263. The molecule has 3 aromatic rings. The molecule has 0 spiro atoms. The molecule has 1 aliphatic rings. The number of hydrogen-bond donors (Lipinski definition) is 0. The number of pyridine rings is 1. The van der Waals surface area contributed by atoms with E-state index in [0.29, 0.717) is 52.0 Å².